The molecule has 4 N–H and O–H groups in total. The van der Waals surface area contributed by atoms with Crippen LogP contribution in [0.2, 0.25) is 0 Å². The zero-order valence-electron chi connectivity index (χ0n) is 14.9. The summed E-state index contributed by atoms with van der Waals surface area (Å²) in [6.45, 7) is 3.95. The van der Waals surface area contributed by atoms with Crippen LogP contribution in [0.1, 0.15) is 0 Å². The van der Waals surface area contributed by atoms with Gasteiger partial charge in [0, 0.05) is 38.3 Å². The Morgan fingerprint density at radius 3 is 2.63 bits per heavy atom. The van der Waals surface area contributed by atoms with Gasteiger partial charge in [-0.25, -0.2) is 4.79 Å². The number of nitrogen functional groups attached to an aromatic ring is 1. The number of carboxylic acid groups (broad SMARTS) is 1. The molecule has 3 rings (SSSR count). The van der Waals surface area contributed by atoms with Crippen molar-refractivity contribution in [3.63, 3.8) is 0 Å². The number of aliphatic carboxylic acids is 1. The molecule has 0 unspecified atom stereocenters. The SMILES string of the molecule is Nc1nnc(-c2ccccc2O)cc1N1CCN(CCOCC(=O)O)CC1. The smallest absolute Gasteiger partial charge is 0.329 e. The minimum absolute atomic E-state index is 0.147. The lowest BCUT2D eigenvalue weighted by Gasteiger charge is -2.36. The molecule has 0 radical (unpaired) electrons. The number of carbonyl (C=O) groups is 1. The van der Waals surface area contributed by atoms with Crippen molar-refractivity contribution in [3.05, 3.63) is 30.3 Å². The first-order valence-corrected chi connectivity index (χ1v) is 8.73. The minimum Gasteiger partial charge on any atom is -0.507 e. The van der Waals surface area contributed by atoms with Gasteiger partial charge in [0.05, 0.1) is 18.0 Å². The van der Waals surface area contributed by atoms with Crippen LogP contribution in [0.3, 0.4) is 0 Å². The molecule has 1 fully saturated rings. The Hall–Kier alpha value is -2.91. The Morgan fingerprint density at radius 2 is 1.93 bits per heavy atom. The molecule has 0 amide bonds. The van der Waals surface area contributed by atoms with Gasteiger partial charge in [-0.05, 0) is 18.2 Å². The number of phenols is 1. The van der Waals surface area contributed by atoms with Gasteiger partial charge in [0.2, 0.25) is 0 Å². The zero-order valence-corrected chi connectivity index (χ0v) is 14.9. The number of ether oxygens (including phenoxy) is 1. The molecule has 144 valence electrons. The normalized spacial score (nSPS) is 15.0. The van der Waals surface area contributed by atoms with Crippen molar-refractivity contribution in [2.75, 3.05) is 56.6 Å². The molecule has 0 bridgehead atoms. The molecule has 27 heavy (non-hydrogen) atoms. The third kappa shape index (κ3) is 4.83. The Bertz CT molecular complexity index is 793. The van der Waals surface area contributed by atoms with Crippen LogP contribution in [0.5, 0.6) is 5.75 Å². The van der Waals surface area contributed by atoms with E-state index in [2.05, 4.69) is 20.0 Å². The van der Waals surface area contributed by atoms with Gasteiger partial charge in [-0.3, -0.25) is 4.90 Å². The molecule has 2 aromatic rings. The van der Waals surface area contributed by atoms with E-state index in [1.807, 2.05) is 12.1 Å². The Labute approximate surface area is 157 Å². The van der Waals surface area contributed by atoms with Crippen molar-refractivity contribution in [2.45, 2.75) is 0 Å². The Kier molecular flexibility index (Phi) is 6.05. The molecule has 1 saturated heterocycles. The molecule has 1 aliphatic rings. The highest BCUT2D eigenvalue weighted by atomic mass is 16.5. The topological polar surface area (TPSA) is 125 Å². The number of aromatic hydroxyl groups is 1. The van der Waals surface area contributed by atoms with Crippen molar-refractivity contribution in [1.29, 1.82) is 0 Å². The summed E-state index contributed by atoms with van der Waals surface area (Å²) in [5.74, 6) is -0.457. The number of aromatic nitrogens is 2. The first kappa shape index (κ1) is 18.9. The van der Waals surface area contributed by atoms with Crippen LogP contribution in [0.25, 0.3) is 11.3 Å². The number of hydrogen-bond donors (Lipinski definition) is 3. The van der Waals surface area contributed by atoms with E-state index >= 15 is 0 Å². The summed E-state index contributed by atoms with van der Waals surface area (Å²) in [5, 5.41) is 26.8. The number of phenolic OH excluding ortho intramolecular Hbond substituents is 1. The van der Waals surface area contributed by atoms with Gasteiger partial charge >= 0.3 is 5.97 Å². The lowest BCUT2D eigenvalue weighted by molar-refractivity contribution is -0.142. The number of anilines is 2. The zero-order chi connectivity index (χ0) is 19.2. The molecule has 0 saturated carbocycles. The molecule has 0 aliphatic carbocycles. The van der Waals surface area contributed by atoms with E-state index in [0.29, 0.717) is 30.2 Å². The van der Waals surface area contributed by atoms with Gasteiger partial charge in [0.1, 0.15) is 12.4 Å². The summed E-state index contributed by atoms with van der Waals surface area (Å²) in [6, 6.07) is 8.83. The number of nitrogens with zero attached hydrogens (tertiary/aromatic N) is 4. The third-order valence-corrected chi connectivity index (χ3v) is 4.47. The number of piperazine rings is 1. The highest BCUT2D eigenvalue weighted by Crippen LogP contribution is 2.31. The fourth-order valence-corrected chi connectivity index (χ4v) is 3.03. The second-order valence-electron chi connectivity index (χ2n) is 6.29. The van der Waals surface area contributed by atoms with E-state index in [1.165, 1.54) is 0 Å². The number of hydrogen-bond acceptors (Lipinski definition) is 8. The number of carboxylic acids is 1. The summed E-state index contributed by atoms with van der Waals surface area (Å²) in [6.07, 6.45) is 0. The van der Waals surface area contributed by atoms with Crippen molar-refractivity contribution in [2.24, 2.45) is 0 Å². The molecule has 1 aromatic carbocycles. The van der Waals surface area contributed by atoms with Crippen LogP contribution in [0.15, 0.2) is 30.3 Å². The van der Waals surface area contributed by atoms with Gasteiger partial charge in [-0.1, -0.05) is 12.1 Å². The van der Waals surface area contributed by atoms with Gasteiger partial charge in [0.25, 0.3) is 0 Å². The van der Waals surface area contributed by atoms with Crippen LogP contribution < -0.4 is 10.6 Å². The predicted octanol–water partition coefficient (Wildman–Crippen LogP) is 0.655. The number of benzene rings is 1. The van der Waals surface area contributed by atoms with E-state index in [0.717, 1.165) is 31.9 Å². The molecule has 9 nitrogen and oxygen atoms in total. The fraction of sp³-hybridized carbons (Fsp3) is 0.389. The lowest BCUT2D eigenvalue weighted by Crippen LogP contribution is -2.47. The minimum atomic E-state index is -0.958. The molecule has 1 aliphatic heterocycles. The Morgan fingerprint density at radius 1 is 1.19 bits per heavy atom. The average molecular weight is 373 g/mol. The Balaban J connectivity index is 1.62. The predicted molar refractivity (Wildman–Crippen MR) is 101 cm³/mol. The highest BCUT2D eigenvalue weighted by Gasteiger charge is 2.20. The van der Waals surface area contributed by atoms with E-state index in [-0.39, 0.29) is 12.4 Å². The van der Waals surface area contributed by atoms with Crippen LogP contribution in [-0.2, 0) is 9.53 Å². The van der Waals surface area contributed by atoms with Gasteiger partial charge in [-0.2, -0.15) is 0 Å². The fourth-order valence-electron chi connectivity index (χ4n) is 3.03. The van der Waals surface area contributed by atoms with Gasteiger partial charge in [-0.15, -0.1) is 10.2 Å². The molecule has 0 atom stereocenters. The van der Waals surface area contributed by atoms with E-state index in [4.69, 9.17) is 15.6 Å². The second-order valence-corrected chi connectivity index (χ2v) is 6.29. The lowest BCUT2D eigenvalue weighted by atomic mass is 10.1. The molecule has 2 heterocycles. The second kappa shape index (κ2) is 8.65. The standard InChI is InChI=1S/C18H23N5O4/c19-18-15(11-14(20-21-18)13-3-1-2-4-16(13)24)23-7-5-22(6-8-23)9-10-27-12-17(25)26/h1-4,11,24H,5-10,12H2,(H2,19,21)(H,25,26). The van der Waals surface area contributed by atoms with Crippen molar-refractivity contribution in [1.82, 2.24) is 15.1 Å². The quantitative estimate of drug-likeness (QED) is 0.600. The number of para-hydroxylation sites is 1. The van der Waals surface area contributed by atoms with Crippen LogP contribution in [0, 0.1) is 0 Å². The molecular weight excluding hydrogens is 350 g/mol. The maximum atomic E-state index is 10.4. The molecule has 0 spiro atoms. The van der Waals surface area contributed by atoms with E-state index in [9.17, 15) is 9.90 Å². The van der Waals surface area contributed by atoms with Gasteiger partial charge < -0.3 is 25.6 Å². The molecule has 9 heteroatoms. The van der Waals surface area contributed by atoms with Gasteiger partial charge in [0.15, 0.2) is 5.82 Å². The van der Waals surface area contributed by atoms with Crippen molar-refractivity contribution < 1.29 is 19.7 Å². The van der Waals surface area contributed by atoms with E-state index in [1.54, 1.807) is 18.2 Å². The summed E-state index contributed by atoms with van der Waals surface area (Å²) >= 11 is 0. The van der Waals surface area contributed by atoms with Crippen molar-refractivity contribution >= 4 is 17.5 Å². The van der Waals surface area contributed by atoms with Crippen LogP contribution >= 0.6 is 0 Å². The largest absolute Gasteiger partial charge is 0.507 e. The van der Waals surface area contributed by atoms with Crippen LogP contribution in [0.4, 0.5) is 11.5 Å². The number of nitrogens with two attached hydrogens (primary N) is 1. The summed E-state index contributed by atoms with van der Waals surface area (Å²) in [5.41, 5.74) is 8.01. The molecular formula is C18H23N5O4. The summed E-state index contributed by atoms with van der Waals surface area (Å²) in [4.78, 5) is 14.8. The first-order chi connectivity index (χ1) is 13.0. The highest BCUT2D eigenvalue weighted by molar-refractivity contribution is 5.74. The average Bonchev–Trinajstić information content (AvgIpc) is 2.67. The van der Waals surface area contributed by atoms with Crippen LogP contribution in [-0.4, -0.2) is 77.2 Å². The maximum absolute atomic E-state index is 10.4. The molecule has 1 aromatic heterocycles. The summed E-state index contributed by atoms with van der Waals surface area (Å²) < 4.78 is 5.09. The first-order valence-electron chi connectivity index (χ1n) is 8.73. The van der Waals surface area contributed by atoms with Crippen molar-refractivity contribution in [3.8, 4) is 17.0 Å². The van der Waals surface area contributed by atoms with E-state index < -0.39 is 5.97 Å². The maximum Gasteiger partial charge on any atom is 0.329 e. The third-order valence-electron chi connectivity index (χ3n) is 4.47. The monoisotopic (exact) mass is 373 g/mol. The summed E-state index contributed by atoms with van der Waals surface area (Å²) in [7, 11) is 0. The number of rotatable bonds is 7.